The predicted molar refractivity (Wildman–Crippen MR) is 93.5 cm³/mol. The second-order valence-electron chi connectivity index (χ2n) is 5.61. The fourth-order valence-electron chi connectivity index (χ4n) is 2.76. The predicted octanol–water partition coefficient (Wildman–Crippen LogP) is 4.94. The highest BCUT2D eigenvalue weighted by molar-refractivity contribution is 7.99. The number of halogens is 3. The van der Waals surface area contributed by atoms with E-state index in [9.17, 15) is 13.6 Å². The summed E-state index contributed by atoms with van der Waals surface area (Å²) < 4.78 is 27.4. The topological polar surface area (TPSA) is 20.3 Å². The fraction of sp³-hybridized carbons (Fsp3) is 0.278. The molecule has 2 aromatic carbocycles. The van der Waals surface area contributed by atoms with Crippen molar-refractivity contribution in [1.29, 1.82) is 0 Å². The van der Waals surface area contributed by atoms with Crippen molar-refractivity contribution in [2.24, 2.45) is 0 Å². The first-order chi connectivity index (χ1) is 11.5. The van der Waals surface area contributed by atoms with Crippen molar-refractivity contribution >= 4 is 29.3 Å². The van der Waals surface area contributed by atoms with Crippen LogP contribution in [-0.2, 0) is 0 Å². The Morgan fingerprint density at radius 3 is 2.62 bits per heavy atom. The quantitative estimate of drug-likeness (QED) is 0.749. The fourth-order valence-corrected chi connectivity index (χ4v) is 4.13. The number of carbonyl (C=O) groups is 1. The molecule has 0 radical (unpaired) electrons. The van der Waals surface area contributed by atoms with Crippen LogP contribution in [0.1, 0.15) is 27.6 Å². The summed E-state index contributed by atoms with van der Waals surface area (Å²) in [5.74, 6) is -0.218. The Morgan fingerprint density at radius 2 is 1.88 bits per heavy atom. The minimum Gasteiger partial charge on any atom is -0.338 e. The van der Waals surface area contributed by atoms with Gasteiger partial charge < -0.3 is 4.90 Å². The average Bonchev–Trinajstić information content (AvgIpc) is 2.83. The van der Waals surface area contributed by atoms with Crippen LogP contribution in [0.4, 0.5) is 8.78 Å². The molecule has 1 unspecified atom stereocenters. The van der Waals surface area contributed by atoms with E-state index >= 15 is 0 Å². The number of hydrogen-bond donors (Lipinski definition) is 0. The molecule has 6 heteroatoms. The highest BCUT2D eigenvalue weighted by Gasteiger charge is 2.24. The summed E-state index contributed by atoms with van der Waals surface area (Å²) >= 11 is 7.41. The first-order valence-corrected chi connectivity index (χ1v) is 9.08. The Balaban J connectivity index is 1.72. The van der Waals surface area contributed by atoms with Crippen molar-refractivity contribution in [3.8, 4) is 0 Å². The molecule has 0 aliphatic carbocycles. The smallest absolute Gasteiger partial charge is 0.253 e. The second kappa shape index (κ2) is 7.53. The Hall–Kier alpha value is -1.59. The minimum absolute atomic E-state index is 0.0624. The van der Waals surface area contributed by atoms with Gasteiger partial charge in [0.15, 0.2) is 0 Å². The van der Waals surface area contributed by atoms with Crippen molar-refractivity contribution in [2.45, 2.75) is 11.7 Å². The molecule has 126 valence electrons. The molecular weight excluding hydrogens is 352 g/mol. The molecule has 0 spiro atoms. The molecule has 1 amide bonds. The monoisotopic (exact) mass is 367 g/mol. The lowest BCUT2D eigenvalue weighted by Crippen LogP contribution is -2.32. The van der Waals surface area contributed by atoms with Crippen LogP contribution >= 0.6 is 23.4 Å². The van der Waals surface area contributed by atoms with Gasteiger partial charge >= 0.3 is 0 Å². The minimum atomic E-state index is -0.439. The van der Waals surface area contributed by atoms with Gasteiger partial charge in [0.05, 0.1) is 0 Å². The Kier molecular flexibility index (Phi) is 5.41. The Labute approximate surface area is 148 Å². The number of rotatable bonds is 2. The molecule has 1 fully saturated rings. The van der Waals surface area contributed by atoms with Gasteiger partial charge in [0.25, 0.3) is 5.91 Å². The van der Waals surface area contributed by atoms with Gasteiger partial charge in [-0.05, 0) is 48.9 Å². The van der Waals surface area contributed by atoms with Crippen LogP contribution in [0, 0.1) is 11.6 Å². The maximum absolute atomic E-state index is 14.0. The van der Waals surface area contributed by atoms with Crippen LogP contribution in [0.5, 0.6) is 0 Å². The van der Waals surface area contributed by atoms with Gasteiger partial charge in [-0.2, -0.15) is 11.8 Å². The summed E-state index contributed by atoms with van der Waals surface area (Å²) in [6.45, 7) is 1.09. The largest absolute Gasteiger partial charge is 0.338 e. The highest BCUT2D eigenvalue weighted by Crippen LogP contribution is 2.36. The second-order valence-corrected chi connectivity index (χ2v) is 7.36. The van der Waals surface area contributed by atoms with Gasteiger partial charge in [-0.3, -0.25) is 4.79 Å². The molecule has 0 N–H and O–H groups in total. The van der Waals surface area contributed by atoms with E-state index in [0.717, 1.165) is 12.1 Å². The van der Waals surface area contributed by atoms with Crippen LogP contribution in [0.25, 0.3) is 0 Å². The van der Waals surface area contributed by atoms with Crippen LogP contribution < -0.4 is 0 Å². The Bertz CT molecular complexity index is 738. The molecule has 1 aliphatic rings. The molecule has 3 rings (SSSR count). The van der Waals surface area contributed by atoms with E-state index in [1.807, 2.05) is 0 Å². The average molecular weight is 368 g/mol. The zero-order valence-corrected chi connectivity index (χ0v) is 14.4. The lowest BCUT2D eigenvalue weighted by molar-refractivity contribution is 0.0766. The molecule has 0 bridgehead atoms. The number of nitrogens with zero attached hydrogens (tertiary/aromatic N) is 1. The first kappa shape index (κ1) is 17.2. The van der Waals surface area contributed by atoms with Crippen molar-refractivity contribution in [3.63, 3.8) is 0 Å². The van der Waals surface area contributed by atoms with E-state index in [1.54, 1.807) is 40.9 Å². The van der Waals surface area contributed by atoms with Crippen molar-refractivity contribution in [1.82, 2.24) is 4.90 Å². The number of hydrogen-bond acceptors (Lipinski definition) is 2. The number of carbonyl (C=O) groups excluding carboxylic acids is 1. The first-order valence-electron chi connectivity index (χ1n) is 7.66. The molecular formula is C18H16ClF2NOS. The van der Waals surface area contributed by atoms with Gasteiger partial charge in [-0.15, -0.1) is 0 Å². The molecule has 1 atom stereocenters. The molecule has 2 nitrogen and oxygen atoms in total. The summed E-state index contributed by atoms with van der Waals surface area (Å²) in [5.41, 5.74) is 0.959. The third kappa shape index (κ3) is 3.90. The van der Waals surface area contributed by atoms with Gasteiger partial charge in [0.1, 0.15) is 11.6 Å². The summed E-state index contributed by atoms with van der Waals surface area (Å²) in [6, 6.07) is 10.3. The van der Waals surface area contributed by atoms with E-state index < -0.39 is 11.6 Å². The molecule has 1 heterocycles. The highest BCUT2D eigenvalue weighted by atomic mass is 35.5. The van der Waals surface area contributed by atoms with E-state index in [0.29, 0.717) is 41.4 Å². The SMILES string of the molecule is O=C(c1ccc(Cl)cc1)N1CCSC(c2cc(F)ccc2F)CC1. The number of amides is 1. The molecule has 1 saturated heterocycles. The van der Waals surface area contributed by atoms with Crippen molar-refractivity contribution < 1.29 is 13.6 Å². The van der Waals surface area contributed by atoms with E-state index in [-0.39, 0.29) is 11.2 Å². The summed E-state index contributed by atoms with van der Waals surface area (Å²) in [4.78, 5) is 14.3. The molecule has 0 saturated carbocycles. The maximum Gasteiger partial charge on any atom is 0.253 e. The zero-order valence-electron chi connectivity index (χ0n) is 12.8. The summed E-state index contributed by atoms with van der Waals surface area (Å²) in [5, 5.41) is 0.434. The van der Waals surface area contributed by atoms with Crippen LogP contribution in [0.15, 0.2) is 42.5 Å². The summed E-state index contributed by atoms with van der Waals surface area (Å²) in [6.07, 6.45) is 0.588. The molecule has 1 aliphatic heterocycles. The Morgan fingerprint density at radius 1 is 1.12 bits per heavy atom. The normalized spacial score (nSPS) is 18.3. The third-order valence-electron chi connectivity index (χ3n) is 4.02. The molecule has 0 aromatic heterocycles. The van der Waals surface area contributed by atoms with Gasteiger partial charge in [-0.1, -0.05) is 11.6 Å². The number of thioether (sulfide) groups is 1. The maximum atomic E-state index is 14.0. The lowest BCUT2D eigenvalue weighted by Gasteiger charge is -2.20. The van der Waals surface area contributed by atoms with E-state index in [1.165, 1.54) is 6.07 Å². The van der Waals surface area contributed by atoms with Crippen molar-refractivity contribution in [2.75, 3.05) is 18.8 Å². The zero-order chi connectivity index (χ0) is 17.1. The number of benzene rings is 2. The van der Waals surface area contributed by atoms with E-state index in [4.69, 9.17) is 11.6 Å². The van der Waals surface area contributed by atoms with Crippen LogP contribution in [0.2, 0.25) is 5.02 Å². The van der Waals surface area contributed by atoms with Crippen molar-refractivity contribution in [3.05, 3.63) is 70.2 Å². The van der Waals surface area contributed by atoms with Gasteiger partial charge in [0, 0.05) is 40.2 Å². The third-order valence-corrected chi connectivity index (χ3v) is 5.59. The lowest BCUT2D eigenvalue weighted by atomic mass is 10.1. The van der Waals surface area contributed by atoms with Gasteiger partial charge in [0.2, 0.25) is 0 Å². The molecule has 24 heavy (non-hydrogen) atoms. The molecule has 2 aromatic rings. The van der Waals surface area contributed by atoms with Gasteiger partial charge in [-0.25, -0.2) is 8.78 Å². The van der Waals surface area contributed by atoms with Crippen LogP contribution in [0.3, 0.4) is 0 Å². The van der Waals surface area contributed by atoms with Crippen LogP contribution in [-0.4, -0.2) is 29.6 Å². The van der Waals surface area contributed by atoms with E-state index in [2.05, 4.69) is 0 Å². The summed E-state index contributed by atoms with van der Waals surface area (Å²) in [7, 11) is 0. The standard InChI is InChI=1S/C18H16ClF2NOS/c19-13-3-1-12(2-4-13)18(23)22-8-7-17(24-10-9-22)15-11-14(20)5-6-16(15)21/h1-6,11,17H,7-10H2.